The third-order valence-corrected chi connectivity index (χ3v) is 5.08. The molecule has 2 atom stereocenters. The van der Waals surface area contributed by atoms with Crippen LogP contribution in [0.4, 0.5) is 11.4 Å². The first-order valence-corrected chi connectivity index (χ1v) is 8.86. The van der Waals surface area contributed by atoms with Crippen molar-refractivity contribution < 1.29 is 14.8 Å². The van der Waals surface area contributed by atoms with Gasteiger partial charge in [-0.2, -0.15) is 4.58 Å². The summed E-state index contributed by atoms with van der Waals surface area (Å²) in [4.78, 5) is 1.57. The maximum Gasteiger partial charge on any atom is 0.220 e. The zero-order valence-electron chi connectivity index (χ0n) is 15.2. The first-order valence-electron chi connectivity index (χ1n) is 8.86. The van der Waals surface area contributed by atoms with Crippen molar-refractivity contribution in [3.05, 3.63) is 71.8 Å². The van der Waals surface area contributed by atoms with Gasteiger partial charge in [-0.05, 0) is 49.6 Å². The predicted octanol–water partition coefficient (Wildman–Crippen LogP) is 3.45. The normalized spacial score (nSPS) is 15.4. The number of benzene rings is 3. The van der Waals surface area contributed by atoms with Gasteiger partial charge in [-0.25, -0.2) is 0 Å². The molecule has 2 N–H and O–H groups in total. The van der Waals surface area contributed by atoms with Crippen molar-refractivity contribution in [1.29, 1.82) is 0 Å². The Labute approximate surface area is 153 Å². The maximum absolute atomic E-state index is 9.93. The zero-order chi connectivity index (χ0) is 18.4. The van der Waals surface area contributed by atoms with Crippen LogP contribution in [-0.2, 0) is 0 Å². The standard InChI is InChI=1S/C22H23N2O2/c1-14(25)24(15(2)26)18-12-10-17(11-13-18)22-19-8-4-6-16-7-5-9-20(21(16)19)23(22)3/h4-15,25-26H,1-3H3/q+1. The lowest BCUT2D eigenvalue weighted by atomic mass is 9.98. The van der Waals surface area contributed by atoms with E-state index in [4.69, 9.17) is 0 Å². The van der Waals surface area contributed by atoms with E-state index in [2.05, 4.69) is 48.0 Å². The Hall–Kier alpha value is -2.69. The average molecular weight is 347 g/mol. The monoisotopic (exact) mass is 347 g/mol. The Morgan fingerprint density at radius 3 is 2.08 bits per heavy atom. The van der Waals surface area contributed by atoms with Gasteiger partial charge in [0.05, 0.1) is 10.9 Å². The van der Waals surface area contributed by atoms with Gasteiger partial charge in [0.2, 0.25) is 11.4 Å². The summed E-state index contributed by atoms with van der Waals surface area (Å²) in [5.41, 5.74) is 5.51. The largest absolute Gasteiger partial charge is 0.374 e. The van der Waals surface area contributed by atoms with E-state index >= 15 is 0 Å². The summed E-state index contributed by atoms with van der Waals surface area (Å²) in [6.07, 6.45) is -1.53. The third-order valence-electron chi connectivity index (χ3n) is 5.08. The minimum absolute atomic E-state index is 0.763. The molecule has 0 radical (unpaired) electrons. The van der Waals surface area contributed by atoms with Crippen molar-refractivity contribution in [1.82, 2.24) is 0 Å². The van der Waals surface area contributed by atoms with Gasteiger partial charge >= 0.3 is 0 Å². The van der Waals surface area contributed by atoms with Crippen molar-refractivity contribution in [2.45, 2.75) is 26.3 Å². The second kappa shape index (κ2) is 6.24. The second-order valence-corrected chi connectivity index (χ2v) is 6.81. The Balaban J connectivity index is 1.80. The van der Waals surface area contributed by atoms with Gasteiger partial charge in [0.1, 0.15) is 19.5 Å². The van der Waals surface area contributed by atoms with Crippen molar-refractivity contribution in [2.75, 3.05) is 11.9 Å². The van der Waals surface area contributed by atoms with Crippen LogP contribution in [0, 0.1) is 0 Å². The van der Waals surface area contributed by atoms with Crippen LogP contribution >= 0.6 is 0 Å². The van der Waals surface area contributed by atoms with Crippen LogP contribution in [0.25, 0.3) is 10.8 Å². The molecule has 0 amide bonds. The molecule has 0 aromatic heterocycles. The third kappa shape index (κ3) is 2.50. The van der Waals surface area contributed by atoms with Crippen LogP contribution in [0.2, 0.25) is 0 Å². The van der Waals surface area contributed by atoms with Gasteiger partial charge < -0.3 is 15.1 Å². The van der Waals surface area contributed by atoms with E-state index in [-0.39, 0.29) is 0 Å². The van der Waals surface area contributed by atoms with Crippen molar-refractivity contribution in [2.24, 2.45) is 0 Å². The summed E-state index contributed by atoms with van der Waals surface area (Å²) >= 11 is 0. The predicted molar refractivity (Wildman–Crippen MR) is 105 cm³/mol. The fraction of sp³-hybridized carbons (Fsp3) is 0.227. The molecular formula is C22H23N2O2+. The first kappa shape index (κ1) is 16.8. The lowest BCUT2D eigenvalue weighted by Crippen LogP contribution is -2.40. The lowest BCUT2D eigenvalue weighted by molar-refractivity contribution is -0.399. The molecule has 4 nitrogen and oxygen atoms in total. The number of nitrogens with zero attached hydrogens (tertiary/aromatic N) is 2. The van der Waals surface area contributed by atoms with Crippen LogP contribution in [-0.4, -0.2) is 40.0 Å². The fourth-order valence-corrected chi connectivity index (χ4v) is 3.98. The Kier molecular flexibility index (Phi) is 4.02. The van der Waals surface area contributed by atoms with E-state index in [1.807, 2.05) is 24.3 Å². The minimum Gasteiger partial charge on any atom is -0.374 e. The molecule has 0 saturated carbocycles. The smallest absolute Gasteiger partial charge is 0.220 e. The minimum atomic E-state index is -0.763. The summed E-state index contributed by atoms with van der Waals surface area (Å²) in [5, 5.41) is 22.4. The molecule has 1 aliphatic heterocycles. The summed E-state index contributed by atoms with van der Waals surface area (Å²) in [6, 6.07) is 20.8. The van der Waals surface area contributed by atoms with E-state index in [1.54, 1.807) is 18.7 Å². The zero-order valence-corrected chi connectivity index (χ0v) is 15.2. The molecule has 1 heterocycles. The first-order chi connectivity index (χ1) is 12.5. The topological polar surface area (TPSA) is 46.7 Å². The Morgan fingerprint density at radius 1 is 0.846 bits per heavy atom. The highest BCUT2D eigenvalue weighted by Crippen LogP contribution is 2.36. The molecule has 3 aromatic rings. The molecule has 3 aromatic carbocycles. The molecular weight excluding hydrogens is 324 g/mol. The van der Waals surface area contributed by atoms with Gasteiger partial charge in [0.15, 0.2) is 0 Å². The van der Waals surface area contributed by atoms with Crippen LogP contribution in [0.15, 0.2) is 60.7 Å². The number of hydrogen-bond acceptors (Lipinski definition) is 3. The van der Waals surface area contributed by atoms with Crippen LogP contribution in [0.5, 0.6) is 0 Å². The Bertz CT molecular complexity index is 991. The van der Waals surface area contributed by atoms with Gasteiger partial charge in [0.25, 0.3) is 0 Å². The molecule has 26 heavy (non-hydrogen) atoms. The number of rotatable bonds is 4. The molecule has 0 fully saturated rings. The number of anilines is 1. The van der Waals surface area contributed by atoms with Crippen LogP contribution < -0.4 is 4.90 Å². The second-order valence-electron chi connectivity index (χ2n) is 6.81. The van der Waals surface area contributed by atoms with Crippen molar-refractivity contribution in [3.8, 4) is 0 Å². The molecule has 0 aliphatic carbocycles. The van der Waals surface area contributed by atoms with Gasteiger partial charge in [0, 0.05) is 17.3 Å². The quantitative estimate of drug-likeness (QED) is 0.561. The van der Waals surface area contributed by atoms with Crippen molar-refractivity contribution >= 4 is 27.9 Å². The molecule has 132 valence electrons. The number of aliphatic hydroxyl groups excluding tert-OH is 2. The highest BCUT2D eigenvalue weighted by Gasteiger charge is 2.30. The van der Waals surface area contributed by atoms with Gasteiger partial charge in [-0.3, -0.25) is 0 Å². The lowest BCUT2D eigenvalue weighted by Gasteiger charge is -2.30. The van der Waals surface area contributed by atoms with Crippen molar-refractivity contribution in [3.63, 3.8) is 0 Å². The van der Waals surface area contributed by atoms with E-state index < -0.39 is 12.5 Å². The molecule has 0 bridgehead atoms. The molecule has 4 heteroatoms. The molecule has 1 aliphatic rings. The average Bonchev–Trinajstić information content (AvgIpc) is 2.90. The van der Waals surface area contributed by atoms with Crippen LogP contribution in [0.1, 0.15) is 25.0 Å². The fourth-order valence-electron chi connectivity index (χ4n) is 3.98. The highest BCUT2D eigenvalue weighted by atomic mass is 16.3. The Morgan fingerprint density at radius 2 is 1.46 bits per heavy atom. The summed E-state index contributed by atoms with van der Waals surface area (Å²) in [7, 11) is 2.09. The molecule has 2 unspecified atom stereocenters. The van der Waals surface area contributed by atoms with E-state index in [0.717, 1.165) is 11.3 Å². The molecule has 0 spiro atoms. The highest BCUT2D eigenvalue weighted by molar-refractivity contribution is 6.22. The SMILES string of the molecule is CC(O)N(c1ccc(C2=[N+](C)c3cccc4cccc2c34)cc1)C(C)O. The van der Waals surface area contributed by atoms with E-state index in [0.29, 0.717) is 0 Å². The molecule has 0 saturated heterocycles. The number of aliphatic hydroxyl groups is 2. The number of hydrogen-bond donors (Lipinski definition) is 2. The summed E-state index contributed by atoms with van der Waals surface area (Å²) < 4.78 is 2.23. The van der Waals surface area contributed by atoms with Gasteiger partial charge in [-0.15, -0.1) is 0 Å². The summed E-state index contributed by atoms with van der Waals surface area (Å²) in [6.45, 7) is 3.30. The summed E-state index contributed by atoms with van der Waals surface area (Å²) in [5.74, 6) is 0. The molecule has 4 rings (SSSR count). The maximum atomic E-state index is 9.93. The van der Waals surface area contributed by atoms with Gasteiger partial charge in [-0.1, -0.05) is 24.3 Å². The van der Waals surface area contributed by atoms with E-state index in [9.17, 15) is 10.2 Å². The van der Waals surface area contributed by atoms with Crippen LogP contribution in [0.3, 0.4) is 0 Å². The van der Waals surface area contributed by atoms with E-state index in [1.165, 1.54) is 27.7 Å².